The van der Waals surface area contributed by atoms with Gasteiger partial charge in [0.2, 0.25) is 11.9 Å². The van der Waals surface area contributed by atoms with Gasteiger partial charge in [0.25, 0.3) is 5.91 Å². The van der Waals surface area contributed by atoms with Crippen LogP contribution in [-0.2, 0) is 4.74 Å². The van der Waals surface area contributed by atoms with E-state index in [1.165, 1.54) is 0 Å². The molecule has 3 amide bonds. The van der Waals surface area contributed by atoms with Gasteiger partial charge in [0.05, 0.1) is 13.2 Å². The number of benzene rings is 3. The Morgan fingerprint density at radius 1 is 0.837 bits per heavy atom. The number of hydrogen-bond acceptors (Lipinski definition) is 10. The molecule has 2 aliphatic heterocycles. The number of terminal acetylenes is 1. The fourth-order valence-corrected chi connectivity index (χ4v) is 5.06. The van der Waals surface area contributed by atoms with Crippen molar-refractivity contribution in [2.24, 2.45) is 10.2 Å². The standard InChI is InChI=1S/C36H36N10O3/c1-2-3-19-36(44-45-36)20-21-37-32(47)27-10-12-29(13-11-27)39-35(48)40-30-16-14-28(15-17-30)38-33-41-31(18-9-26-7-5-4-6-8-26)42-34(43-33)46-22-24-49-25-23-46/h1,4-18H,3,19-25H2,(H,37,47)(H2,39,40,48)(H,38,41,42,43)/b18-9+. The van der Waals surface area contributed by atoms with E-state index >= 15 is 0 Å². The molecule has 0 aliphatic carbocycles. The van der Waals surface area contributed by atoms with E-state index in [0.29, 0.717) is 86.8 Å². The van der Waals surface area contributed by atoms with Crippen molar-refractivity contribution in [2.75, 3.05) is 53.7 Å². The van der Waals surface area contributed by atoms with Crippen molar-refractivity contribution in [3.8, 4) is 12.3 Å². The Bertz CT molecular complexity index is 1840. The lowest BCUT2D eigenvalue weighted by Gasteiger charge is -2.27. The highest BCUT2D eigenvalue weighted by atomic mass is 16.5. The number of hydrogen-bond donors (Lipinski definition) is 4. The second kappa shape index (κ2) is 15.6. The van der Waals surface area contributed by atoms with Gasteiger partial charge in [-0.2, -0.15) is 25.2 Å². The van der Waals surface area contributed by atoms with Gasteiger partial charge < -0.3 is 30.9 Å². The first kappa shape index (κ1) is 32.8. The van der Waals surface area contributed by atoms with Crippen molar-refractivity contribution in [1.82, 2.24) is 20.3 Å². The lowest BCUT2D eigenvalue weighted by Crippen LogP contribution is -2.37. The fraction of sp³-hybridized carbons (Fsp3) is 0.250. The number of amides is 3. The van der Waals surface area contributed by atoms with Gasteiger partial charge in [-0.15, -0.1) is 12.3 Å². The molecule has 6 rings (SSSR count). The third kappa shape index (κ3) is 9.46. The highest BCUT2D eigenvalue weighted by Gasteiger charge is 2.38. The first-order chi connectivity index (χ1) is 24.0. The number of ether oxygens (including phenoxy) is 1. The monoisotopic (exact) mass is 656 g/mol. The van der Waals surface area contributed by atoms with Crippen molar-refractivity contribution < 1.29 is 14.3 Å². The minimum absolute atomic E-state index is 0.216. The number of urea groups is 1. The molecule has 2 aliphatic rings. The SMILES string of the molecule is C#CCCC1(CCNC(=O)c2ccc(NC(=O)Nc3ccc(Nc4nc(/C=C/c5ccccc5)nc(N5CCOCC5)n4)cc3)cc2)N=N1. The molecule has 0 atom stereocenters. The largest absolute Gasteiger partial charge is 0.378 e. The van der Waals surface area contributed by atoms with Crippen molar-refractivity contribution in [3.05, 3.63) is 95.8 Å². The second-order valence-corrected chi connectivity index (χ2v) is 11.4. The average Bonchev–Trinajstić information content (AvgIpc) is 3.91. The van der Waals surface area contributed by atoms with Gasteiger partial charge in [-0.1, -0.05) is 36.4 Å². The van der Waals surface area contributed by atoms with Crippen LogP contribution >= 0.6 is 0 Å². The topological polar surface area (TPSA) is 158 Å². The normalized spacial score (nSPS) is 14.6. The maximum atomic E-state index is 12.7. The third-order valence-corrected chi connectivity index (χ3v) is 7.83. The van der Waals surface area contributed by atoms with Crippen LogP contribution in [0.4, 0.5) is 33.8 Å². The fourth-order valence-electron chi connectivity index (χ4n) is 5.06. The van der Waals surface area contributed by atoms with Crippen molar-refractivity contribution in [3.63, 3.8) is 0 Å². The molecular formula is C36H36N10O3. The van der Waals surface area contributed by atoms with Crippen LogP contribution in [0.5, 0.6) is 0 Å². The number of nitrogens with zero attached hydrogens (tertiary/aromatic N) is 6. The molecule has 1 aromatic heterocycles. The molecule has 0 bridgehead atoms. The summed E-state index contributed by atoms with van der Waals surface area (Å²) >= 11 is 0. The summed E-state index contributed by atoms with van der Waals surface area (Å²) in [5, 5.41) is 19.9. The van der Waals surface area contributed by atoms with Crippen molar-refractivity contribution >= 4 is 53.0 Å². The number of aromatic nitrogens is 3. The van der Waals surface area contributed by atoms with Crippen LogP contribution in [0, 0.1) is 12.3 Å². The summed E-state index contributed by atoms with van der Waals surface area (Å²) in [4.78, 5) is 41.3. The Hall–Kier alpha value is -6.13. The first-order valence-electron chi connectivity index (χ1n) is 16.0. The van der Waals surface area contributed by atoms with E-state index in [9.17, 15) is 9.59 Å². The molecule has 3 heterocycles. The minimum Gasteiger partial charge on any atom is -0.378 e. The van der Waals surface area contributed by atoms with Crippen LogP contribution in [0.15, 0.2) is 89.1 Å². The summed E-state index contributed by atoms with van der Waals surface area (Å²) in [6, 6.07) is 23.4. The number of morpholine rings is 1. The summed E-state index contributed by atoms with van der Waals surface area (Å²) in [6.07, 6.45) is 11.0. The number of carbonyl (C=O) groups is 2. The Morgan fingerprint density at radius 2 is 1.51 bits per heavy atom. The Balaban J connectivity index is 1.02. The maximum Gasteiger partial charge on any atom is 0.323 e. The molecule has 49 heavy (non-hydrogen) atoms. The smallest absolute Gasteiger partial charge is 0.323 e. The van der Waals surface area contributed by atoms with Gasteiger partial charge in [0, 0.05) is 61.5 Å². The molecule has 4 aromatic rings. The van der Waals surface area contributed by atoms with E-state index in [4.69, 9.17) is 11.2 Å². The molecule has 13 nitrogen and oxygen atoms in total. The van der Waals surface area contributed by atoms with Gasteiger partial charge in [0.1, 0.15) is 0 Å². The third-order valence-electron chi connectivity index (χ3n) is 7.83. The van der Waals surface area contributed by atoms with E-state index < -0.39 is 11.7 Å². The Morgan fingerprint density at radius 3 is 2.18 bits per heavy atom. The summed E-state index contributed by atoms with van der Waals surface area (Å²) in [5.74, 6) is 3.88. The lowest BCUT2D eigenvalue weighted by molar-refractivity contribution is 0.0952. The molecule has 0 unspecified atom stereocenters. The second-order valence-electron chi connectivity index (χ2n) is 11.4. The molecule has 0 radical (unpaired) electrons. The Kier molecular flexibility index (Phi) is 10.5. The highest BCUT2D eigenvalue weighted by molar-refractivity contribution is 6.00. The number of nitrogens with one attached hydrogen (secondary N) is 4. The van der Waals surface area contributed by atoms with Gasteiger partial charge in [-0.25, -0.2) is 4.79 Å². The van der Waals surface area contributed by atoms with Crippen LogP contribution in [0.2, 0.25) is 0 Å². The predicted octanol–water partition coefficient (Wildman–Crippen LogP) is 5.96. The van der Waals surface area contributed by atoms with Crippen molar-refractivity contribution in [1.29, 1.82) is 0 Å². The van der Waals surface area contributed by atoms with E-state index in [2.05, 4.69) is 57.3 Å². The van der Waals surface area contributed by atoms with Gasteiger partial charge in [-0.05, 0) is 60.2 Å². The quantitative estimate of drug-likeness (QED) is 0.128. The van der Waals surface area contributed by atoms with Crippen molar-refractivity contribution in [2.45, 2.75) is 24.9 Å². The molecular weight excluding hydrogens is 620 g/mol. The number of carbonyl (C=O) groups excluding carboxylic acids is 2. The van der Waals surface area contributed by atoms with E-state index in [1.54, 1.807) is 36.4 Å². The first-order valence-corrected chi connectivity index (χ1v) is 16.0. The molecule has 4 N–H and O–H groups in total. The van der Waals surface area contributed by atoms with Gasteiger partial charge >= 0.3 is 6.03 Å². The molecule has 0 spiro atoms. The van der Waals surface area contributed by atoms with Crippen LogP contribution in [0.1, 0.15) is 41.0 Å². The van der Waals surface area contributed by atoms with E-state index in [1.807, 2.05) is 54.6 Å². The summed E-state index contributed by atoms with van der Waals surface area (Å²) < 4.78 is 5.50. The zero-order chi connectivity index (χ0) is 33.9. The zero-order valence-electron chi connectivity index (χ0n) is 26.8. The molecule has 13 heteroatoms. The van der Waals surface area contributed by atoms with Gasteiger partial charge in [-0.3, -0.25) is 4.79 Å². The zero-order valence-corrected chi connectivity index (χ0v) is 26.8. The average molecular weight is 657 g/mol. The van der Waals surface area contributed by atoms with E-state index in [0.717, 1.165) is 11.3 Å². The summed E-state index contributed by atoms with van der Waals surface area (Å²) in [7, 11) is 0. The van der Waals surface area contributed by atoms with Gasteiger partial charge in [0.15, 0.2) is 11.5 Å². The molecule has 3 aromatic carbocycles. The molecule has 0 saturated carbocycles. The molecule has 1 saturated heterocycles. The van der Waals surface area contributed by atoms with Crippen LogP contribution in [0.3, 0.4) is 0 Å². The molecule has 248 valence electrons. The van der Waals surface area contributed by atoms with E-state index in [-0.39, 0.29) is 5.91 Å². The van der Waals surface area contributed by atoms with Crippen LogP contribution in [0.25, 0.3) is 12.2 Å². The number of anilines is 5. The van der Waals surface area contributed by atoms with Crippen LogP contribution < -0.4 is 26.2 Å². The highest BCUT2D eigenvalue weighted by Crippen LogP contribution is 2.36. The molecule has 1 fully saturated rings. The Labute approximate surface area is 284 Å². The summed E-state index contributed by atoms with van der Waals surface area (Å²) in [5.41, 5.74) is 2.94. The lowest BCUT2D eigenvalue weighted by atomic mass is 10.0. The number of rotatable bonds is 13. The summed E-state index contributed by atoms with van der Waals surface area (Å²) in [6.45, 7) is 3.04. The maximum absolute atomic E-state index is 12.7. The minimum atomic E-state index is -0.441. The van der Waals surface area contributed by atoms with Crippen LogP contribution in [-0.4, -0.2) is 65.4 Å². The predicted molar refractivity (Wildman–Crippen MR) is 190 cm³/mol.